The highest BCUT2D eigenvalue weighted by atomic mass is 32.2. The Balaban J connectivity index is 1.62. The third-order valence-electron chi connectivity index (χ3n) is 4.27. The second kappa shape index (κ2) is 7.61. The van der Waals surface area contributed by atoms with Gasteiger partial charge >= 0.3 is 0 Å². The molecule has 1 aromatic heterocycles. The van der Waals surface area contributed by atoms with Crippen LogP contribution in [0.2, 0.25) is 0 Å². The Morgan fingerprint density at radius 3 is 3.00 bits per heavy atom. The summed E-state index contributed by atoms with van der Waals surface area (Å²) in [6.45, 7) is 3.13. The van der Waals surface area contributed by atoms with Crippen molar-refractivity contribution in [3.8, 4) is 0 Å². The van der Waals surface area contributed by atoms with Crippen LogP contribution < -0.4 is 10.0 Å². The first-order valence-electron chi connectivity index (χ1n) is 8.14. The molecule has 136 valence electrons. The van der Waals surface area contributed by atoms with E-state index >= 15 is 0 Å². The SMILES string of the molecule is Cn1cc(S(=O)(=O)NCCN2CCNCC2c2cccc(F)c2)cn1. The summed E-state index contributed by atoms with van der Waals surface area (Å²) in [6, 6.07) is 6.57. The molecule has 7 nitrogen and oxygen atoms in total. The molecule has 1 atom stereocenters. The van der Waals surface area contributed by atoms with Gasteiger partial charge in [0.1, 0.15) is 10.7 Å². The summed E-state index contributed by atoms with van der Waals surface area (Å²) in [4.78, 5) is 2.31. The fourth-order valence-electron chi connectivity index (χ4n) is 3.00. The molecule has 2 N–H and O–H groups in total. The number of benzene rings is 1. The van der Waals surface area contributed by atoms with Crippen LogP contribution >= 0.6 is 0 Å². The van der Waals surface area contributed by atoms with Crippen LogP contribution in [0.3, 0.4) is 0 Å². The van der Waals surface area contributed by atoms with Crippen molar-refractivity contribution in [2.45, 2.75) is 10.9 Å². The molecule has 1 aromatic carbocycles. The lowest BCUT2D eigenvalue weighted by atomic mass is 10.0. The molecule has 2 aromatic rings. The van der Waals surface area contributed by atoms with Gasteiger partial charge in [0, 0.05) is 52.0 Å². The Labute approximate surface area is 146 Å². The van der Waals surface area contributed by atoms with Gasteiger partial charge in [-0.2, -0.15) is 5.10 Å². The lowest BCUT2D eigenvalue weighted by Crippen LogP contribution is -2.48. The van der Waals surface area contributed by atoms with E-state index in [-0.39, 0.29) is 23.3 Å². The Morgan fingerprint density at radius 2 is 2.28 bits per heavy atom. The number of halogens is 1. The molecule has 0 saturated carbocycles. The van der Waals surface area contributed by atoms with Gasteiger partial charge < -0.3 is 5.32 Å². The van der Waals surface area contributed by atoms with Crippen LogP contribution in [0.25, 0.3) is 0 Å². The second-order valence-electron chi connectivity index (χ2n) is 6.06. The average Bonchev–Trinajstić information content (AvgIpc) is 3.03. The van der Waals surface area contributed by atoms with Crippen LogP contribution in [0.15, 0.2) is 41.6 Å². The van der Waals surface area contributed by atoms with E-state index in [1.54, 1.807) is 13.1 Å². The zero-order valence-electron chi connectivity index (χ0n) is 14.0. The van der Waals surface area contributed by atoms with Gasteiger partial charge in [0.2, 0.25) is 10.0 Å². The molecule has 0 aliphatic carbocycles. The highest BCUT2D eigenvalue weighted by Gasteiger charge is 2.24. The quantitative estimate of drug-likeness (QED) is 0.777. The summed E-state index contributed by atoms with van der Waals surface area (Å²) >= 11 is 0. The molecule has 25 heavy (non-hydrogen) atoms. The van der Waals surface area contributed by atoms with E-state index in [9.17, 15) is 12.8 Å². The second-order valence-corrected chi connectivity index (χ2v) is 7.83. The van der Waals surface area contributed by atoms with Gasteiger partial charge in [-0.1, -0.05) is 12.1 Å². The predicted molar refractivity (Wildman–Crippen MR) is 92.0 cm³/mol. The van der Waals surface area contributed by atoms with Crippen molar-refractivity contribution < 1.29 is 12.8 Å². The minimum Gasteiger partial charge on any atom is -0.314 e. The molecule has 1 unspecified atom stereocenters. The Morgan fingerprint density at radius 1 is 1.44 bits per heavy atom. The van der Waals surface area contributed by atoms with E-state index in [1.165, 1.54) is 29.2 Å². The predicted octanol–water partition coefficient (Wildman–Crippen LogP) is 0.484. The lowest BCUT2D eigenvalue weighted by Gasteiger charge is -2.36. The van der Waals surface area contributed by atoms with Gasteiger partial charge in [0.15, 0.2) is 0 Å². The van der Waals surface area contributed by atoms with E-state index in [2.05, 4.69) is 20.0 Å². The topological polar surface area (TPSA) is 79.3 Å². The van der Waals surface area contributed by atoms with Crippen LogP contribution in [0.4, 0.5) is 4.39 Å². The third kappa shape index (κ3) is 4.43. The van der Waals surface area contributed by atoms with Gasteiger partial charge in [-0.15, -0.1) is 0 Å². The average molecular weight is 367 g/mol. The number of rotatable bonds is 6. The zero-order chi connectivity index (χ0) is 17.9. The molecule has 0 spiro atoms. The number of hydrogen-bond donors (Lipinski definition) is 2. The number of nitrogens with zero attached hydrogens (tertiary/aromatic N) is 3. The maximum absolute atomic E-state index is 13.5. The smallest absolute Gasteiger partial charge is 0.243 e. The first kappa shape index (κ1) is 18.0. The molecule has 1 saturated heterocycles. The summed E-state index contributed by atoms with van der Waals surface area (Å²) in [5, 5.41) is 7.19. The van der Waals surface area contributed by atoms with E-state index in [4.69, 9.17) is 0 Å². The highest BCUT2D eigenvalue weighted by Crippen LogP contribution is 2.22. The van der Waals surface area contributed by atoms with Crippen LogP contribution in [0, 0.1) is 5.82 Å². The van der Waals surface area contributed by atoms with Crippen LogP contribution in [-0.4, -0.2) is 55.8 Å². The van der Waals surface area contributed by atoms with Crippen molar-refractivity contribution in [1.82, 2.24) is 24.7 Å². The van der Waals surface area contributed by atoms with Crippen molar-refractivity contribution in [1.29, 1.82) is 0 Å². The number of sulfonamides is 1. The Kier molecular flexibility index (Phi) is 5.48. The zero-order valence-corrected chi connectivity index (χ0v) is 14.8. The Bertz CT molecular complexity index is 823. The third-order valence-corrected chi connectivity index (χ3v) is 5.69. The Hall–Kier alpha value is -1.81. The van der Waals surface area contributed by atoms with Gasteiger partial charge in [0.05, 0.1) is 6.20 Å². The fraction of sp³-hybridized carbons (Fsp3) is 0.438. The molecule has 0 radical (unpaired) electrons. The fourth-order valence-corrected chi connectivity index (χ4v) is 4.00. The van der Waals surface area contributed by atoms with Crippen LogP contribution in [0.1, 0.15) is 11.6 Å². The maximum Gasteiger partial charge on any atom is 0.243 e. The highest BCUT2D eigenvalue weighted by molar-refractivity contribution is 7.89. The summed E-state index contributed by atoms with van der Waals surface area (Å²) in [5.41, 5.74) is 0.891. The molecule has 1 aliphatic heterocycles. The van der Waals surface area contributed by atoms with Gasteiger partial charge in [-0.25, -0.2) is 17.5 Å². The lowest BCUT2D eigenvalue weighted by molar-refractivity contribution is 0.165. The van der Waals surface area contributed by atoms with Crippen molar-refractivity contribution in [3.05, 3.63) is 48.0 Å². The number of aryl methyl sites for hydroxylation is 1. The minimum atomic E-state index is -3.56. The minimum absolute atomic E-state index is 0.0207. The van der Waals surface area contributed by atoms with Crippen molar-refractivity contribution in [3.63, 3.8) is 0 Å². The summed E-state index contributed by atoms with van der Waals surface area (Å²) < 4.78 is 42.0. The molecular weight excluding hydrogens is 345 g/mol. The van der Waals surface area contributed by atoms with Gasteiger partial charge in [-0.05, 0) is 17.7 Å². The summed E-state index contributed by atoms with van der Waals surface area (Å²) in [5.74, 6) is -0.264. The molecule has 2 heterocycles. The van der Waals surface area contributed by atoms with E-state index in [0.29, 0.717) is 13.1 Å². The van der Waals surface area contributed by atoms with Gasteiger partial charge in [-0.3, -0.25) is 9.58 Å². The molecule has 1 fully saturated rings. The van der Waals surface area contributed by atoms with Crippen LogP contribution in [-0.2, 0) is 17.1 Å². The molecule has 9 heteroatoms. The van der Waals surface area contributed by atoms with Gasteiger partial charge in [0.25, 0.3) is 0 Å². The number of piperazine rings is 1. The van der Waals surface area contributed by atoms with Crippen LogP contribution in [0.5, 0.6) is 0 Å². The first-order valence-corrected chi connectivity index (χ1v) is 9.62. The molecule has 0 amide bonds. The summed E-state index contributed by atoms with van der Waals surface area (Å²) in [7, 11) is -1.89. The van der Waals surface area contributed by atoms with Crippen molar-refractivity contribution >= 4 is 10.0 Å². The summed E-state index contributed by atoms with van der Waals surface area (Å²) in [6.07, 6.45) is 2.78. The molecule has 0 bridgehead atoms. The number of aromatic nitrogens is 2. The molecule has 3 rings (SSSR count). The first-order chi connectivity index (χ1) is 12.0. The van der Waals surface area contributed by atoms with E-state index in [1.807, 2.05) is 6.07 Å². The maximum atomic E-state index is 13.5. The largest absolute Gasteiger partial charge is 0.314 e. The van der Waals surface area contributed by atoms with Crippen molar-refractivity contribution in [2.24, 2.45) is 7.05 Å². The normalized spacial score (nSPS) is 19.2. The van der Waals surface area contributed by atoms with E-state index in [0.717, 1.165) is 18.7 Å². The molecular formula is C16H22FN5O2S. The monoisotopic (exact) mass is 367 g/mol. The number of hydrogen-bond acceptors (Lipinski definition) is 5. The standard InChI is InChI=1S/C16H22FN5O2S/c1-21-12-15(10-19-21)25(23,24)20-6-8-22-7-5-18-11-16(22)13-3-2-4-14(17)9-13/h2-4,9-10,12,16,18,20H,5-8,11H2,1H3. The van der Waals surface area contributed by atoms with Crippen molar-refractivity contribution in [2.75, 3.05) is 32.7 Å². The molecule has 1 aliphatic rings. The van der Waals surface area contributed by atoms with E-state index < -0.39 is 10.0 Å². The number of nitrogens with one attached hydrogen (secondary N) is 2.